The molecule has 5 N–H and O–H groups in total. The third-order valence-electron chi connectivity index (χ3n) is 5.83. The van der Waals surface area contributed by atoms with Gasteiger partial charge < -0.3 is 0 Å². The van der Waals surface area contributed by atoms with E-state index < -0.39 is 78.1 Å². The molecule has 0 saturated carbocycles. The Morgan fingerprint density at radius 3 is 2.44 bits per heavy atom. The zero-order chi connectivity index (χ0) is 23.7. The zero-order valence-corrected chi connectivity index (χ0v) is 19.8. The summed E-state index contributed by atoms with van der Waals surface area (Å²) in [6.45, 7) is 1.21. The molecule has 0 bridgehead atoms. The van der Waals surface area contributed by atoms with E-state index in [1.54, 1.807) is 31.2 Å². The molecule has 1 radical (unpaired) electrons. The monoisotopic (exact) mass is 544 g/mol. The van der Waals surface area contributed by atoms with E-state index in [0.29, 0.717) is 0 Å². The van der Waals surface area contributed by atoms with Crippen LogP contribution in [0.3, 0.4) is 0 Å². The predicted octanol–water partition coefficient (Wildman–Crippen LogP) is -1.52. The van der Waals surface area contributed by atoms with Crippen molar-refractivity contribution in [1.29, 1.82) is 0 Å². The van der Waals surface area contributed by atoms with Gasteiger partial charge in [-0.1, -0.05) is 0 Å². The van der Waals surface area contributed by atoms with Crippen molar-refractivity contribution in [1.82, 2.24) is 0 Å². The van der Waals surface area contributed by atoms with E-state index >= 15 is 0 Å². The molecule has 11 nitrogen and oxygen atoms in total. The average Bonchev–Trinajstić information content (AvgIpc) is 2.96. The molecule has 2 heterocycles. The van der Waals surface area contributed by atoms with E-state index in [1.807, 2.05) is 6.07 Å². The normalized spacial score (nSPS) is 38.8. The Morgan fingerprint density at radius 1 is 1.19 bits per heavy atom. The molecular weight excluding hydrogens is 515 g/mol. The van der Waals surface area contributed by atoms with Gasteiger partial charge in [0.15, 0.2) is 0 Å². The standard InChI is InChI=1S/C19H29O11SSe/c1-19(10-20)17(24)12(21)8-32(19)9-13-16(30-31(25,26)27)14(22)15(23)18(29-13)28-7-11-5-3-2-4-6-11/h2-6,12-18,20-24H,7-10H2,1H3,(H,25,26,27)/p-1/t12-,13-,14-,15-,16+,17+,18-,19-/m1/s1. The molecule has 0 unspecified atom stereocenters. The molecule has 2 fully saturated rings. The van der Waals surface area contributed by atoms with Gasteiger partial charge in [0.1, 0.15) is 0 Å². The van der Waals surface area contributed by atoms with Crippen molar-refractivity contribution < 1.29 is 52.2 Å². The van der Waals surface area contributed by atoms with Crippen LogP contribution in [0.2, 0.25) is 15.0 Å². The van der Waals surface area contributed by atoms with Gasteiger partial charge in [-0.25, -0.2) is 0 Å². The van der Waals surface area contributed by atoms with Crippen molar-refractivity contribution in [2.45, 2.75) is 71.4 Å². The fourth-order valence-corrected chi connectivity index (χ4v) is 10.4. The summed E-state index contributed by atoms with van der Waals surface area (Å²) in [5, 5.41) is 51.4. The van der Waals surface area contributed by atoms with Crippen molar-refractivity contribution in [3.63, 3.8) is 0 Å². The van der Waals surface area contributed by atoms with Gasteiger partial charge >= 0.3 is 190 Å². The summed E-state index contributed by atoms with van der Waals surface area (Å²) in [6, 6.07) is 8.94. The molecule has 32 heavy (non-hydrogen) atoms. The topological polar surface area (TPSA) is 186 Å². The second kappa shape index (κ2) is 10.3. The van der Waals surface area contributed by atoms with Crippen LogP contribution in [0.5, 0.6) is 0 Å². The molecule has 0 amide bonds. The van der Waals surface area contributed by atoms with Crippen LogP contribution in [0, 0.1) is 0 Å². The minimum atomic E-state index is -5.25. The van der Waals surface area contributed by atoms with Crippen molar-refractivity contribution in [2.75, 3.05) is 6.61 Å². The van der Waals surface area contributed by atoms with Crippen LogP contribution in [-0.4, -0.2) is 102 Å². The van der Waals surface area contributed by atoms with Gasteiger partial charge in [-0.05, 0) is 0 Å². The first-order valence-corrected chi connectivity index (χ1v) is 14.5. The van der Waals surface area contributed by atoms with Crippen LogP contribution in [-0.2, 0) is 30.7 Å². The number of rotatable bonds is 8. The summed E-state index contributed by atoms with van der Waals surface area (Å²) in [5.74, 6) is 0. The summed E-state index contributed by atoms with van der Waals surface area (Å²) in [7, 11) is -5.25. The Bertz CT molecular complexity index is 856. The molecule has 0 aliphatic carbocycles. The molecule has 2 aliphatic heterocycles. The number of hydrogen-bond donors (Lipinski definition) is 5. The van der Waals surface area contributed by atoms with Crippen molar-refractivity contribution >= 4 is 24.3 Å². The van der Waals surface area contributed by atoms with Crippen molar-refractivity contribution in [3.05, 3.63) is 35.9 Å². The average molecular weight is 543 g/mol. The van der Waals surface area contributed by atoms with Crippen LogP contribution in [0.15, 0.2) is 30.3 Å². The first-order chi connectivity index (χ1) is 15.0. The SMILES string of the molecule is C[C@@]1(CO)[C@@H](O)[C@H](O)C[Se]1C[C@H]1O[C@@H](OCc2ccccc2)[C@H](O)[C@@H](O)[C@H]1OS(=O)(=O)[O-]. The summed E-state index contributed by atoms with van der Waals surface area (Å²) >= 11 is -2.09. The molecule has 3 rings (SSSR count). The summed E-state index contributed by atoms with van der Waals surface area (Å²) in [5.41, 5.74) is 0.762. The molecule has 2 saturated heterocycles. The zero-order valence-electron chi connectivity index (χ0n) is 17.3. The molecule has 1 aromatic carbocycles. The Balaban J connectivity index is 1.81. The summed E-state index contributed by atoms with van der Waals surface area (Å²) in [4.78, 5) is 0. The van der Waals surface area contributed by atoms with E-state index in [2.05, 4.69) is 4.18 Å². The first kappa shape index (κ1) is 25.9. The molecule has 13 heteroatoms. The van der Waals surface area contributed by atoms with Gasteiger partial charge in [0, 0.05) is 0 Å². The molecule has 0 aromatic heterocycles. The fraction of sp³-hybridized carbons (Fsp3) is 0.684. The van der Waals surface area contributed by atoms with Crippen LogP contribution >= 0.6 is 0 Å². The number of benzene rings is 1. The molecule has 183 valence electrons. The third-order valence-corrected chi connectivity index (χ3v) is 12.9. The van der Waals surface area contributed by atoms with Crippen LogP contribution < -0.4 is 0 Å². The van der Waals surface area contributed by atoms with Crippen molar-refractivity contribution in [2.24, 2.45) is 0 Å². The number of hydrogen-bond acceptors (Lipinski definition) is 11. The van der Waals surface area contributed by atoms with E-state index in [4.69, 9.17) is 9.47 Å². The van der Waals surface area contributed by atoms with Gasteiger partial charge in [-0.15, -0.1) is 0 Å². The summed E-state index contributed by atoms with van der Waals surface area (Å²) < 4.78 is 48.6. The number of aliphatic hydroxyl groups is 5. The van der Waals surface area contributed by atoms with Gasteiger partial charge in [0.05, 0.1) is 0 Å². The quantitative estimate of drug-likeness (QED) is 0.146. The number of aliphatic hydroxyl groups excluding tert-OH is 5. The summed E-state index contributed by atoms with van der Waals surface area (Å²) in [6.07, 6.45) is -10.1. The van der Waals surface area contributed by atoms with Gasteiger partial charge in [0.25, 0.3) is 0 Å². The van der Waals surface area contributed by atoms with Crippen LogP contribution in [0.1, 0.15) is 12.5 Å². The van der Waals surface area contributed by atoms with Crippen molar-refractivity contribution in [3.8, 4) is 0 Å². The third kappa shape index (κ3) is 5.69. The Hall–Kier alpha value is -0.671. The van der Waals surface area contributed by atoms with E-state index in [9.17, 15) is 38.5 Å². The Labute approximate surface area is 190 Å². The predicted molar refractivity (Wildman–Crippen MR) is 109 cm³/mol. The van der Waals surface area contributed by atoms with Crippen LogP contribution in [0.25, 0.3) is 0 Å². The van der Waals surface area contributed by atoms with Gasteiger partial charge in [-0.3, -0.25) is 0 Å². The van der Waals surface area contributed by atoms with Gasteiger partial charge in [0.2, 0.25) is 0 Å². The molecule has 2 aliphatic rings. The second-order valence-corrected chi connectivity index (χ2v) is 14.5. The minimum absolute atomic E-state index is 0.0267. The van der Waals surface area contributed by atoms with E-state index in [0.717, 1.165) is 5.56 Å². The molecule has 0 spiro atoms. The van der Waals surface area contributed by atoms with E-state index in [-0.39, 0.29) is 17.2 Å². The Kier molecular flexibility index (Phi) is 8.35. The fourth-order valence-electron chi connectivity index (χ4n) is 3.89. The van der Waals surface area contributed by atoms with Gasteiger partial charge in [-0.2, -0.15) is 0 Å². The number of ether oxygens (including phenoxy) is 2. The molecule has 1 aromatic rings. The maximum atomic E-state index is 11.2. The maximum absolute atomic E-state index is 11.2. The second-order valence-electron chi connectivity index (χ2n) is 8.10. The van der Waals surface area contributed by atoms with E-state index in [1.165, 1.54) is 0 Å². The molecular formula is C19H28O11SSe-. The van der Waals surface area contributed by atoms with Crippen LogP contribution in [0.4, 0.5) is 0 Å². The Morgan fingerprint density at radius 2 is 1.84 bits per heavy atom. The molecule has 8 atom stereocenters. The first-order valence-electron chi connectivity index (χ1n) is 9.92.